The highest BCUT2D eigenvalue weighted by Crippen LogP contribution is 1.96. The molecule has 4 nitrogen and oxygen atoms in total. The van der Waals surface area contributed by atoms with Crippen molar-refractivity contribution in [2.45, 2.75) is 19.4 Å². The molecule has 1 N–H and O–H groups in total. The molecule has 0 aromatic carbocycles. The predicted molar refractivity (Wildman–Crippen MR) is 35.2 cm³/mol. The van der Waals surface area contributed by atoms with Gasteiger partial charge in [-0.15, -0.1) is 0 Å². The molecule has 0 fully saturated rings. The molecule has 0 aromatic heterocycles. The molecule has 0 aliphatic heterocycles. The van der Waals surface area contributed by atoms with Crippen molar-refractivity contribution in [3.63, 3.8) is 0 Å². The van der Waals surface area contributed by atoms with E-state index in [9.17, 15) is 9.59 Å². The third kappa shape index (κ3) is 3.06. The molecule has 4 heteroatoms. The largest absolute Gasteiger partial charge is 0.481 e. The molecule has 0 spiro atoms. The molecule has 1 radical (unpaired) electrons. The summed E-state index contributed by atoms with van der Waals surface area (Å²) in [6.07, 6.45) is 1.55. The second-order valence-corrected chi connectivity index (χ2v) is 2.15. The number of carboxylic acid groups (broad SMARTS) is 1. The minimum absolute atomic E-state index is 0.0360. The molecule has 0 aliphatic rings. The lowest BCUT2D eigenvalue weighted by Gasteiger charge is -2.16. The smallest absolute Gasteiger partial charge is 0.312 e. The molecular formula is C6H10NO3. The summed E-state index contributed by atoms with van der Waals surface area (Å²) in [5.74, 6) is -0.908. The van der Waals surface area contributed by atoms with Crippen molar-refractivity contribution in [2.75, 3.05) is 7.05 Å². The third-order valence-electron chi connectivity index (χ3n) is 1.28. The number of carbonyl (C=O) groups is 1. The number of nitrogens with zero attached hydrogens (tertiary/aromatic N) is 1. The van der Waals surface area contributed by atoms with Gasteiger partial charge in [-0.1, -0.05) is 0 Å². The maximum absolute atomic E-state index is 10.1. The molecular weight excluding hydrogens is 134 g/mol. The first-order valence-corrected chi connectivity index (χ1v) is 2.90. The Hall–Kier alpha value is -1.06. The fourth-order valence-corrected chi connectivity index (χ4v) is 0.480. The third-order valence-corrected chi connectivity index (χ3v) is 1.28. The van der Waals surface area contributed by atoms with Crippen LogP contribution in [-0.4, -0.2) is 35.5 Å². The number of carboxylic acids is 1. The van der Waals surface area contributed by atoms with Gasteiger partial charge in [0.25, 0.3) is 0 Å². The number of hydrogen-bond acceptors (Lipinski definition) is 2. The second-order valence-electron chi connectivity index (χ2n) is 2.15. The van der Waals surface area contributed by atoms with E-state index in [1.165, 1.54) is 11.9 Å². The van der Waals surface area contributed by atoms with E-state index in [4.69, 9.17) is 5.11 Å². The zero-order chi connectivity index (χ0) is 8.15. The van der Waals surface area contributed by atoms with Crippen LogP contribution < -0.4 is 0 Å². The van der Waals surface area contributed by atoms with Gasteiger partial charge in [0.1, 0.15) is 0 Å². The van der Waals surface area contributed by atoms with Gasteiger partial charge in [0.2, 0.25) is 0 Å². The molecule has 1 amide bonds. The number of amides is 1. The Morgan fingerprint density at radius 1 is 1.80 bits per heavy atom. The zero-order valence-electron chi connectivity index (χ0n) is 6.00. The molecule has 1 atom stereocenters. The van der Waals surface area contributed by atoms with E-state index in [0.29, 0.717) is 0 Å². The van der Waals surface area contributed by atoms with Gasteiger partial charge in [0.15, 0.2) is 0 Å². The summed E-state index contributed by atoms with van der Waals surface area (Å²) >= 11 is 0. The van der Waals surface area contributed by atoms with E-state index in [2.05, 4.69) is 0 Å². The summed E-state index contributed by atoms with van der Waals surface area (Å²) in [5, 5.41) is 8.27. The molecule has 0 rings (SSSR count). The van der Waals surface area contributed by atoms with Gasteiger partial charge in [-0.3, -0.25) is 9.59 Å². The maximum atomic E-state index is 10.1. The van der Waals surface area contributed by atoms with Gasteiger partial charge in [-0.2, -0.15) is 0 Å². The molecule has 0 aromatic rings. The van der Waals surface area contributed by atoms with E-state index in [0.717, 1.165) is 0 Å². The predicted octanol–water partition coefficient (Wildman–Crippen LogP) is -0.151. The normalized spacial score (nSPS) is 12.2. The Morgan fingerprint density at radius 2 is 2.30 bits per heavy atom. The topological polar surface area (TPSA) is 57.6 Å². The Bertz CT molecular complexity index is 135. The summed E-state index contributed by atoms with van der Waals surface area (Å²) in [5.41, 5.74) is 0. The average Bonchev–Trinajstić information content (AvgIpc) is 1.85. The molecule has 10 heavy (non-hydrogen) atoms. The van der Waals surface area contributed by atoms with E-state index in [-0.39, 0.29) is 12.5 Å². The Morgan fingerprint density at radius 3 is 2.60 bits per heavy atom. The number of aliphatic carboxylic acids is 1. The summed E-state index contributed by atoms with van der Waals surface area (Å²) in [7, 11) is 1.50. The van der Waals surface area contributed by atoms with Crippen LogP contribution in [0.1, 0.15) is 13.3 Å². The molecule has 0 bridgehead atoms. The highest BCUT2D eigenvalue weighted by molar-refractivity contribution is 5.68. The van der Waals surface area contributed by atoms with E-state index < -0.39 is 5.97 Å². The van der Waals surface area contributed by atoms with Crippen molar-refractivity contribution < 1.29 is 14.7 Å². The standard InChI is InChI=1S/C6H10NO3/c1-5(3-6(9)10)7(2)4-8/h5H,3H2,1-2H3,(H,9,10). The van der Waals surface area contributed by atoms with Crippen molar-refractivity contribution in [3.05, 3.63) is 0 Å². The first kappa shape index (κ1) is 8.94. The van der Waals surface area contributed by atoms with Crippen LogP contribution in [0.15, 0.2) is 0 Å². The first-order valence-electron chi connectivity index (χ1n) is 2.90. The number of rotatable bonds is 4. The van der Waals surface area contributed by atoms with Crippen LogP contribution in [0.3, 0.4) is 0 Å². The highest BCUT2D eigenvalue weighted by Gasteiger charge is 2.10. The van der Waals surface area contributed by atoms with Crippen LogP contribution in [-0.2, 0) is 9.59 Å². The van der Waals surface area contributed by atoms with Crippen LogP contribution in [0.25, 0.3) is 0 Å². The van der Waals surface area contributed by atoms with Crippen molar-refractivity contribution in [1.82, 2.24) is 4.90 Å². The fraction of sp³-hybridized carbons (Fsp3) is 0.667. The summed E-state index contributed by atoms with van der Waals surface area (Å²) < 4.78 is 0. The Labute approximate surface area is 59.4 Å². The van der Waals surface area contributed by atoms with Gasteiger partial charge in [0, 0.05) is 13.1 Å². The molecule has 1 unspecified atom stereocenters. The minimum atomic E-state index is -0.908. The van der Waals surface area contributed by atoms with Crippen molar-refractivity contribution in [2.24, 2.45) is 0 Å². The van der Waals surface area contributed by atoms with Crippen LogP contribution in [0.2, 0.25) is 0 Å². The van der Waals surface area contributed by atoms with Crippen molar-refractivity contribution in [1.29, 1.82) is 0 Å². The molecule has 0 saturated heterocycles. The van der Waals surface area contributed by atoms with Gasteiger partial charge in [0.05, 0.1) is 6.42 Å². The van der Waals surface area contributed by atoms with E-state index >= 15 is 0 Å². The number of carbonyl (C=O) groups excluding carboxylic acids is 1. The average molecular weight is 144 g/mol. The van der Waals surface area contributed by atoms with Gasteiger partial charge >= 0.3 is 12.4 Å². The van der Waals surface area contributed by atoms with Crippen LogP contribution in [0.5, 0.6) is 0 Å². The van der Waals surface area contributed by atoms with E-state index in [1.54, 1.807) is 13.3 Å². The second kappa shape index (κ2) is 3.87. The van der Waals surface area contributed by atoms with Gasteiger partial charge in [-0.05, 0) is 6.92 Å². The summed E-state index contributed by atoms with van der Waals surface area (Å²) in [4.78, 5) is 21.2. The quantitative estimate of drug-likeness (QED) is 0.558. The zero-order valence-corrected chi connectivity index (χ0v) is 6.00. The summed E-state index contributed by atoms with van der Waals surface area (Å²) in [6, 6.07) is -0.282. The number of hydrogen-bond donors (Lipinski definition) is 1. The van der Waals surface area contributed by atoms with Crippen LogP contribution >= 0.6 is 0 Å². The van der Waals surface area contributed by atoms with E-state index in [1.807, 2.05) is 0 Å². The van der Waals surface area contributed by atoms with Crippen LogP contribution in [0, 0.1) is 0 Å². The van der Waals surface area contributed by atoms with Crippen LogP contribution in [0.4, 0.5) is 0 Å². The first-order chi connectivity index (χ1) is 4.57. The Kier molecular flexibility index (Phi) is 3.46. The van der Waals surface area contributed by atoms with Crippen molar-refractivity contribution >= 4 is 12.4 Å². The Balaban J connectivity index is 3.71. The monoisotopic (exact) mass is 144 g/mol. The lowest BCUT2D eigenvalue weighted by atomic mass is 10.2. The minimum Gasteiger partial charge on any atom is -0.481 e. The molecule has 0 aliphatic carbocycles. The highest BCUT2D eigenvalue weighted by atomic mass is 16.4. The van der Waals surface area contributed by atoms with Gasteiger partial charge < -0.3 is 10.0 Å². The molecule has 57 valence electrons. The van der Waals surface area contributed by atoms with Crippen molar-refractivity contribution in [3.8, 4) is 0 Å². The maximum Gasteiger partial charge on any atom is 0.312 e. The fourth-order valence-electron chi connectivity index (χ4n) is 0.480. The van der Waals surface area contributed by atoms with Gasteiger partial charge in [-0.25, -0.2) is 0 Å². The summed E-state index contributed by atoms with van der Waals surface area (Å²) in [6.45, 7) is 1.65. The molecule has 0 saturated carbocycles. The lowest BCUT2D eigenvalue weighted by Crippen LogP contribution is -2.29. The molecule has 0 heterocycles. The SMILES string of the molecule is CC(CC(=O)O)N(C)[C]=O. The lowest BCUT2D eigenvalue weighted by molar-refractivity contribution is -0.137.